The van der Waals surface area contributed by atoms with E-state index in [1.165, 1.54) is 0 Å². The molecule has 0 saturated heterocycles. The minimum Gasteiger partial charge on any atom is -0.395 e. The van der Waals surface area contributed by atoms with Crippen molar-refractivity contribution in [3.05, 3.63) is 0 Å². The summed E-state index contributed by atoms with van der Waals surface area (Å²) in [4.78, 5) is 0. The van der Waals surface area contributed by atoms with Crippen LogP contribution in [0.25, 0.3) is 0 Å². The van der Waals surface area contributed by atoms with Crippen molar-refractivity contribution in [3.8, 4) is 0 Å². The van der Waals surface area contributed by atoms with Crippen LogP contribution in [-0.2, 0) is 0 Å². The second kappa shape index (κ2) is 6.41. The first kappa shape index (κ1) is 7.41. The molecule has 0 amide bonds. The van der Waals surface area contributed by atoms with E-state index in [9.17, 15) is 0 Å². The lowest BCUT2D eigenvalue weighted by molar-refractivity contribution is 0.295. The van der Waals surface area contributed by atoms with Crippen LogP contribution in [-0.4, -0.2) is 32.1 Å². The molecule has 0 aromatic rings. The van der Waals surface area contributed by atoms with E-state index in [2.05, 4.69) is 5.32 Å². The van der Waals surface area contributed by atoms with Gasteiger partial charge in [-0.1, -0.05) is 0 Å². The predicted molar refractivity (Wildman–Crippen MR) is 34.0 cm³/mol. The molecule has 0 saturated carbocycles. The standard InChI is InChI=1S/C3H9BNOP/c4-7-3-5-1-2-6/h5-7H,1-3H2. The minimum absolute atomic E-state index is 0.199. The van der Waals surface area contributed by atoms with Gasteiger partial charge in [-0.2, -0.15) is 8.46 Å². The highest BCUT2D eigenvalue weighted by Gasteiger charge is 1.76. The lowest BCUT2D eigenvalue weighted by atomic mass is 10.7. The normalized spacial score (nSPS) is 11.0. The number of nitrogens with one attached hydrogen (secondary N) is 1. The van der Waals surface area contributed by atoms with Crippen molar-refractivity contribution in [1.82, 2.24) is 5.32 Å². The lowest BCUT2D eigenvalue weighted by Gasteiger charge is -1.95. The van der Waals surface area contributed by atoms with Gasteiger partial charge in [0, 0.05) is 12.8 Å². The third-order valence-corrected chi connectivity index (χ3v) is 0.970. The van der Waals surface area contributed by atoms with Crippen LogP contribution in [0.3, 0.4) is 0 Å². The second-order valence-electron chi connectivity index (χ2n) is 1.10. The van der Waals surface area contributed by atoms with Gasteiger partial charge < -0.3 is 10.4 Å². The van der Waals surface area contributed by atoms with Crippen LogP contribution in [0.5, 0.6) is 0 Å². The van der Waals surface area contributed by atoms with Gasteiger partial charge in [0.25, 0.3) is 0 Å². The summed E-state index contributed by atoms with van der Waals surface area (Å²) in [7, 11) is 5.60. The Morgan fingerprint density at radius 3 is 2.86 bits per heavy atom. The summed E-state index contributed by atoms with van der Waals surface area (Å²) < 4.78 is 0. The van der Waals surface area contributed by atoms with Crippen molar-refractivity contribution in [2.24, 2.45) is 0 Å². The van der Waals surface area contributed by atoms with E-state index in [1.807, 2.05) is 0 Å². The first-order valence-corrected chi connectivity index (χ1v) is 3.45. The Hall–Kier alpha value is 0.415. The van der Waals surface area contributed by atoms with E-state index in [0.717, 1.165) is 6.29 Å². The SMILES string of the molecule is [B]PCNCCO. The number of hydrogen-bond donors (Lipinski definition) is 2. The molecule has 0 aliphatic rings. The van der Waals surface area contributed by atoms with E-state index >= 15 is 0 Å². The molecule has 0 aliphatic heterocycles. The molecule has 2 nitrogen and oxygen atoms in total. The summed E-state index contributed by atoms with van der Waals surface area (Å²) in [5.74, 6) is 0. The molecule has 0 bridgehead atoms. The van der Waals surface area contributed by atoms with Crippen molar-refractivity contribution in [1.29, 1.82) is 0 Å². The molecule has 7 heavy (non-hydrogen) atoms. The highest BCUT2D eigenvalue weighted by Crippen LogP contribution is 1.92. The number of hydrogen-bond acceptors (Lipinski definition) is 2. The maximum absolute atomic E-state index is 8.19. The topological polar surface area (TPSA) is 32.3 Å². The Morgan fingerprint density at radius 2 is 2.43 bits per heavy atom. The van der Waals surface area contributed by atoms with Gasteiger partial charge in [0.1, 0.15) is 7.57 Å². The molecule has 0 aromatic heterocycles. The zero-order chi connectivity index (χ0) is 5.54. The molecule has 4 heteroatoms. The Labute approximate surface area is 46.8 Å². The Kier molecular flexibility index (Phi) is 6.80. The molecule has 0 aliphatic carbocycles. The van der Waals surface area contributed by atoms with Crippen LogP contribution in [0.15, 0.2) is 0 Å². The van der Waals surface area contributed by atoms with Crippen LogP contribution >= 0.6 is 8.46 Å². The summed E-state index contributed by atoms with van der Waals surface area (Å²) in [6.45, 7) is 0.856. The first-order valence-electron chi connectivity index (χ1n) is 2.17. The van der Waals surface area contributed by atoms with Crippen molar-refractivity contribution in [2.45, 2.75) is 0 Å². The van der Waals surface area contributed by atoms with E-state index in [-0.39, 0.29) is 6.61 Å². The second-order valence-corrected chi connectivity index (χ2v) is 1.87. The fourth-order valence-electron chi connectivity index (χ4n) is 0.240. The summed E-state index contributed by atoms with van der Waals surface area (Å²) >= 11 is 0. The molecule has 1 unspecified atom stereocenters. The predicted octanol–water partition coefficient (Wildman–Crippen LogP) is -0.712. The summed E-state index contributed by atoms with van der Waals surface area (Å²) in [5, 5.41) is 11.1. The van der Waals surface area contributed by atoms with Crippen LogP contribution in [0.4, 0.5) is 0 Å². The average Bonchev–Trinajstić information content (AvgIpc) is 1.69. The van der Waals surface area contributed by atoms with E-state index < -0.39 is 0 Å². The molecule has 0 spiro atoms. The van der Waals surface area contributed by atoms with Gasteiger partial charge in [-0.25, -0.2) is 0 Å². The molecule has 0 fully saturated rings. The van der Waals surface area contributed by atoms with Crippen LogP contribution in [0.1, 0.15) is 0 Å². The third kappa shape index (κ3) is 6.41. The Bertz CT molecular complexity index is 34.1. The zero-order valence-electron chi connectivity index (χ0n) is 4.15. The van der Waals surface area contributed by atoms with Crippen molar-refractivity contribution < 1.29 is 5.11 Å². The fraction of sp³-hybridized carbons (Fsp3) is 1.00. The summed E-state index contributed by atoms with van der Waals surface area (Å²) in [6, 6.07) is 0. The zero-order valence-corrected chi connectivity index (χ0v) is 5.15. The highest BCUT2D eigenvalue weighted by molar-refractivity contribution is 7.66. The summed E-state index contributed by atoms with van der Waals surface area (Å²) in [6.07, 6.45) is 0.820. The molecule has 0 heterocycles. The van der Waals surface area contributed by atoms with Gasteiger partial charge in [0.05, 0.1) is 6.61 Å². The van der Waals surface area contributed by atoms with Gasteiger partial charge in [0.15, 0.2) is 0 Å². The molecular weight excluding hydrogens is 108 g/mol. The first-order chi connectivity index (χ1) is 3.41. The number of aliphatic hydroxyl groups excluding tert-OH is 1. The van der Waals surface area contributed by atoms with Gasteiger partial charge in [-0.15, -0.1) is 0 Å². The largest absolute Gasteiger partial charge is 0.395 e. The maximum Gasteiger partial charge on any atom is 0.106 e. The van der Waals surface area contributed by atoms with E-state index in [0.29, 0.717) is 15.0 Å². The smallest absolute Gasteiger partial charge is 0.106 e. The Balaban J connectivity index is 2.45. The van der Waals surface area contributed by atoms with E-state index in [1.54, 1.807) is 0 Å². The highest BCUT2D eigenvalue weighted by atomic mass is 31.1. The number of aliphatic hydroxyl groups is 1. The summed E-state index contributed by atoms with van der Waals surface area (Å²) in [5.41, 5.74) is 0. The monoisotopic (exact) mass is 117 g/mol. The number of rotatable bonds is 4. The maximum atomic E-state index is 8.19. The van der Waals surface area contributed by atoms with Crippen LogP contribution < -0.4 is 5.32 Å². The van der Waals surface area contributed by atoms with E-state index in [4.69, 9.17) is 12.7 Å². The molecular formula is C3H9BNOP. The van der Waals surface area contributed by atoms with Crippen molar-refractivity contribution in [2.75, 3.05) is 19.4 Å². The fourth-order valence-corrected chi connectivity index (χ4v) is 0.561. The van der Waals surface area contributed by atoms with Gasteiger partial charge in [0.2, 0.25) is 0 Å². The lowest BCUT2D eigenvalue weighted by Crippen LogP contribution is -2.16. The molecule has 0 rings (SSSR count). The van der Waals surface area contributed by atoms with Crippen LogP contribution in [0, 0.1) is 0 Å². The van der Waals surface area contributed by atoms with Gasteiger partial charge in [-0.3, -0.25) is 0 Å². The quantitative estimate of drug-likeness (QED) is 0.289. The molecule has 2 N–H and O–H groups in total. The minimum atomic E-state index is 0.199. The Morgan fingerprint density at radius 1 is 1.71 bits per heavy atom. The molecule has 1 atom stereocenters. The third-order valence-electron chi connectivity index (χ3n) is 0.516. The van der Waals surface area contributed by atoms with Gasteiger partial charge in [-0.05, 0) is 0 Å². The van der Waals surface area contributed by atoms with Crippen molar-refractivity contribution >= 4 is 16.0 Å². The van der Waals surface area contributed by atoms with Gasteiger partial charge >= 0.3 is 0 Å². The van der Waals surface area contributed by atoms with Crippen LogP contribution in [0.2, 0.25) is 0 Å². The molecule has 0 aromatic carbocycles. The average molecular weight is 117 g/mol. The molecule has 2 radical (unpaired) electrons. The molecule has 40 valence electrons. The van der Waals surface area contributed by atoms with Crippen molar-refractivity contribution in [3.63, 3.8) is 0 Å².